The average molecular weight is 263 g/mol. The maximum atomic E-state index is 3.73. The monoisotopic (exact) mass is 262 g/mol. The van der Waals surface area contributed by atoms with Crippen molar-refractivity contribution in [1.82, 2.24) is 9.80 Å². The fourth-order valence-corrected chi connectivity index (χ4v) is 1.18. The number of rotatable bonds is 4. The quantitative estimate of drug-likeness (QED) is 0.708. The van der Waals surface area contributed by atoms with Crippen molar-refractivity contribution in [2.75, 3.05) is 40.9 Å². The lowest BCUT2D eigenvalue weighted by Crippen LogP contribution is -2.41. The maximum Gasteiger partial charge on any atom is 0.0959 e. The molecule has 14 heavy (non-hydrogen) atoms. The molecule has 0 aromatic rings. The molecule has 0 saturated carbocycles. The van der Waals surface area contributed by atoms with Crippen molar-refractivity contribution in [2.45, 2.75) is 0 Å². The first-order chi connectivity index (χ1) is 6.01. The molecule has 1 aliphatic rings. The first kappa shape index (κ1) is 13.5. The van der Waals surface area contributed by atoms with E-state index >= 15 is 0 Å². The van der Waals surface area contributed by atoms with Gasteiger partial charge < -0.3 is 14.3 Å². The van der Waals surface area contributed by atoms with E-state index in [9.17, 15) is 0 Å². The minimum absolute atomic E-state index is 0. The van der Waals surface area contributed by atoms with Crippen molar-refractivity contribution < 1.29 is 4.48 Å². The molecule has 0 atom stereocenters. The molecule has 1 heterocycles. The molecule has 0 aliphatic carbocycles. The molecule has 0 radical (unpaired) electrons. The van der Waals surface area contributed by atoms with Crippen LogP contribution in [-0.2, 0) is 0 Å². The summed E-state index contributed by atoms with van der Waals surface area (Å²) >= 11 is 0. The Morgan fingerprint density at radius 1 is 1.36 bits per heavy atom. The van der Waals surface area contributed by atoms with Gasteiger partial charge in [-0.3, -0.25) is 0 Å². The van der Waals surface area contributed by atoms with E-state index in [1.165, 1.54) is 0 Å². The fraction of sp³-hybridized carbons (Fsp3) is 0.600. The van der Waals surface area contributed by atoms with Crippen LogP contribution in [-0.4, -0.2) is 55.2 Å². The van der Waals surface area contributed by atoms with Crippen LogP contribution < -0.4 is 0 Å². The number of hydrogen-bond acceptors (Lipinski definition) is 2. The van der Waals surface area contributed by atoms with Crippen LogP contribution in [0.3, 0.4) is 0 Å². The summed E-state index contributed by atoms with van der Waals surface area (Å²) in [6.45, 7) is 6.94. The van der Waals surface area contributed by atoms with Crippen molar-refractivity contribution in [3.05, 3.63) is 25.2 Å². The van der Waals surface area contributed by atoms with E-state index in [1.807, 2.05) is 6.20 Å². The SMILES string of the molecule is Br.C=CN1C=CN(CC[N+](C)(C)C)C1. The highest BCUT2D eigenvalue weighted by Gasteiger charge is 2.13. The van der Waals surface area contributed by atoms with E-state index in [0.29, 0.717) is 0 Å². The normalized spacial score (nSPS) is 15.6. The fourth-order valence-electron chi connectivity index (χ4n) is 1.18. The molecule has 82 valence electrons. The number of halogens is 1. The van der Waals surface area contributed by atoms with Crippen LogP contribution in [0.4, 0.5) is 0 Å². The molecule has 3 nitrogen and oxygen atoms in total. The van der Waals surface area contributed by atoms with E-state index in [1.54, 1.807) is 0 Å². The van der Waals surface area contributed by atoms with Gasteiger partial charge in [0.2, 0.25) is 0 Å². The Hall–Kier alpha value is -0.480. The minimum Gasteiger partial charge on any atom is -0.353 e. The zero-order valence-electron chi connectivity index (χ0n) is 9.31. The molecule has 0 fully saturated rings. The van der Waals surface area contributed by atoms with Gasteiger partial charge in [0.15, 0.2) is 0 Å². The lowest BCUT2D eigenvalue weighted by atomic mass is 10.5. The number of quaternary nitrogens is 1. The maximum absolute atomic E-state index is 3.73. The molecule has 0 aromatic carbocycles. The van der Waals surface area contributed by atoms with Gasteiger partial charge in [-0.25, -0.2) is 0 Å². The molecule has 0 amide bonds. The smallest absolute Gasteiger partial charge is 0.0959 e. The summed E-state index contributed by atoms with van der Waals surface area (Å²) in [5, 5.41) is 0. The first-order valence-electron chi connectivity index (χ1n) is 4.62. The molecule has 0 spiro atoms. The summed E-state index contributed by atoms with van der Waals surface area (Å²) in [6, 6.07) is 0. The van der Waals surface area contributed by atoms with Gasteiger partial charge in [-0.1, -0.05) is 6.58 Å². The molecular formula is C10H21BrN3+. The second kappa shape index (κ2) is 5.41. The average Bonchev–Trinajstić information content (AvgIpc) is 2.47. The van der Waals surface area contributed by atoms with Gasteiger partial charge in [-0.05, 0) is 6.20 Å². The van der Waals surface area contributed by atoms with Crippen LogP contribution in [0.1, 0.15) is 0 Å². The summed E-state index contributed by atoms with van der Waals surface area (Å²) < 4.78 is 1.01. The predicted octanol–water partition coefficient (Wildman–Crippen LogP) is 1.46. The Balaban J connectivity index is 0.00000169. The third-order valence-electron chi connectivity index (χ3n) is 2.11. The third-order valence-corrected chi connectivity index (χ3v) is 2.11. The summed E-state index contributed by atoms with van der Waals surface area (Å²) in [6.07, 6.45) is 6.03. The molecule has 1 aliphatic heterocycles. The van der Waals surface area contributed by atoms with Crippen molar-refractivity contribution in [3.8, 4) is 0 Å². The van der Waals surface area contributed by atoms with Gasteiger partial charge >= 0.3 is 0 Å². The third kappa shape index (κ3) is 4.67. The lowest BCUT2D eigenvalue weighted by molar-refractivity contribution is -0.869. The van der Waals surface area contributed by atoms with Gasteiger partial charge in [0.05, 0.1) is 40.9 Å². The molecule has 4 heteroatoms. The van der Waals surface area contributed by atoms with E-state index in [0.717, 1.165) is 24.2 Å². The lowest BCUT2D eigenvalue weighted by Gasteiger charge is -2.27. The molecule has 1 rings (SSSR count). The van der Waals surface area contributed by atoms with Crippen LogP contribution >= 0.6 is 17.0 Å². The van der Waals surface area contributed by atoms with Gasteiger partial charge in [0.1, 0.15) is 0 Å². The van der Waals surface area contributed by atoms with E-state index in [4.69, 9.17) is 0 Å². The zero-order chi connectivity index (χ0) is 9.90. The Labute approximate surface area is 97.6 Å². The van der Waals surface area contributed by atoms with Gasteiger partial charge in [0, 0.05) is 12.4 Å². The van der Waals surface area contributed by atoms with Gasteiger partial charge in [-0.2, -0.15) is 0 Å². The number of hydrogen-bond donors (Lipinski definition) is 0. The summed E-state index contributed by atoms with van der Waals surface area (Å²) in [4.78, 5) is 4.38. The summed E-state index contributed by atoms with van der Waals surface area (Å²) in [5.74, 6) is 0. The van der Waals surface area contributed by atoms with Gasteiger partial charge in [0.25, 0.3) is 0 Å². The largest absolute Gasteiger partial charge is 0.353 e. The number of likely N-dealkylation sites (N-methyl/N-ethyl adjacent to an activating group) is 1. The van der Waals surface area contributed by atoms with Crippen LogP contribution in [0.2, 0.25) is 0 Å². The van der Waals surface area contributed by atoms with Crippen molar-refractivity contribution >= 4 is 17.0 Å². The van der Waals surface area contributed by atoms with Gasteiger partial charge in [-0.15, -0.1) is 17.0 Å². The highest BCUT2D eigenvalue weighted by atomic mass is 79.9. The Morgan fingerprint density at radius 3 is 2.43 bits per heavy atom. The topological polar surface area (TPSA) is 6.48 Å². The van der Waals surface area contributed by atoms with Crippen LogP contribution in [0.15, 0.2) is 25.2 Å². The van der Waals surface area contributed by atoms with Crippen LogP contribution in [0, 0.1) is 0 Å². The van der Waals surface area contributed by atoms with E-state index in [2.05, 4.69) is 49.9 Å². The van der Waals surface area contributed by atoms with E-state index in [-0.39, 0.29) is 17.0 Å². The van der Waals surface area contributed by atoms with Crippen LogP contribution in [0.5, 0.6) is 0 Å². The van der Waals surface area contributed by atoms with Crippen LogP contribution in [0.25, 0.3) is 0 Å². The standard InChI is InChI=1S/C10H20N3.BrH/c1-5-11-6-7-12(10-11)8-9-13(2,3)4;/h5-7H,1,8-10H2,2-4H3;1H/q+1;. The Bertz CT molecular complexity index is 208. The molecule has 0 aromatic heterocycles. The summed E-state index contributed by atoms with van der Waals surface area (Å²) in [5.41, 5.74) is 0. The molecule has 0 saturated heterocycles. The second-order valence-electron chi connectivity index (χ2n) is 4.46. The predicted molar refractivity (Wildman–Crippen MR) is 66.0 cm³/mol. The number of nitrogens with zero attached hydrogens (tertiary/aromatic N) is 3. The molecular weight excluding hydrogens is 242 g/mol. The van der Waals surface area contributed by atoms with Crippen molar-refractivity contribution in [3.63, 3.8) is 0 Å². The molecule has 0 N–H and O–H groups in total. The molecule has 0 bridgehead atoms. The second-order valence-corrected chi connectivity index (χ2v) is 4.46. The van der Waals surface area contributed by atoms with Crippen molar-refractivity contribution in [1.29, 1.82) is 0 Å². The highest BCUT2D eigenvalue weighted by Crippen LogP contribution is 2.06. The summed E-state index contributed by atoms with van der Waals surface area (Å²) in [7, 11) is 6.64. The first-order valence-corrected chi connectivity index (χ1v) is 4.62. The Kier molecular flexibility index (Phi) is 5.23. The van der Waals surface area contributed by atoms with Crippen molar-refractivity contribution in [2.24, 2.45) is 0 Å². The zero-order valence-corrected chi connectivity index (χ0v) is 11.0. The Morgan fingerprint density at radius 2 is 2.00 bits per heavy atom. The highest BCUT2D eigenvalue weighted by molar-refractivity contribution is 8.93. The minimum atomic E-state index is 0. The van der Waals surface area contributed by atoms with E-state index < -0.39 is 0 Å². The molecule has 0 unspecified atom stereocenters.